The highest BCUT2D eigenvalue weighted by atomic mass is 32.2. The van der Waals surface area contributed by atoms with E-state index >= 15 is 0 Å². The van der Waals surface area contributed by atoms with Crippen LogP contribution in [0.1, 0.15) is 52.7 Å². The van der Waals surface area contributed by atoms with Crippen LogP contribution in [0.4, 0.5) is 11.4 Å². The minimum Gasteiger partial charge on any atom is -0.354 e. The van der Waals surface area contributed by atoms with E-state index in [2.05, 4.69) is 83.3 Å². The van der Waals surface area contributed by atoms with E-state index in [4.69, 9.17) is 0 Å². The van der Waals surface area contributed by atoms with Crippen molar-refractivity contribution in [2.24, 2.45) is 0 Å². The van der Waals surface area contributed by atoms with Gasteiger partial charge >= 0.3 is 0 Å². The van der Waals surface area contributed by atoms with Crippen molar-refractivity contribution in [2.75, 3.05) is 5.32 Å². The molecule has 0 fully saturated rings. The molecule has 1 nitrogen and oxygen atoms in total. The molecule has 0 saturated carbocycles. The molecule has 0 amide bonds. The maximum atomic E-state index is 3.64. The second-order valence-electron chi connectivity index (χ2n) is 8.12. The molecule has 116 valence electrons. The smallest absolute Gasteiger partial charge is 0.0532 e. The molecule has 1 N–H and O–H groups in total. The Labute approximate surface area is 138 Å². The highest BCUT2D eigenvalue weighted by molar-refractivity contribution is 7.99. The first-order valence-corrected chi connectivity index (χ1v) is 8.71. The van der Waals surface area contributed by atoms with E-state index in [0.717, 1.165) is 0 Å². The Morgan fingerprint density at radius 2 is 1.50 bits per heavy atom. The van der Waals surface area contributed by atoms with Gasteiger partial charge in [0.25, 0.3) is 0 Å². The molecule has 0 aliphatic carbocycles. The zero-order valence-corrected chi connectivity index (χ0v) is 15.2. The summed E-state index contributed by atoms with van der Waals surface area (Å²) in [6.07, 6.45) is 0. The molecule has 0 atom stereocenters. The molecule has 1 aliphatic heterocycles. The molecule has 1 aliphatic rings. The van der Waals surface area contributed by atoms with Crippen LogP contribution in [0.2, 0.25) is 0 Å². The molecular weight excluding hydrogens is 286 g/mol. The third-order valence-corrected chi connectivity index (χ3v) is 5.35. The van der Waals surface area contributed by atoms with Crippen molar-refractivity contribution < 1.29 is 0 Å². The van der Waals surface area contributed by atoms with Gasteiger partial charge in [0.2, 0.25) is 0 Å². The van der Waals surface area contributed by atoms with E-state index in [1.807, 2.05) is 11.8 Å². The molecule has 0 radical (unpaired) electrons. The maximum Gasteiger partial charge on any atom is 0.0532 e. The Morgan fingerprint density at radius 1 is 0.818 bits per heavy atom. The SMILES string of the molecule is CC(C)(C)c1cc2c(c(C(C)(C)C)c1)Sc1ccccc1N2. The fourth-order valence-corrected chi connectivity index (χ4v) is 4.03. The monoisotopic (exact) mass is 311 g/mol. The first kappa shape index (κ1) is 15.5. The van der Waals surface area contributed by atoms with E-state index in [1.165, 1.54) is 32.3 Å². The fraction of sp³-hybridized carbons (Fsp3) is 0.400. The van der Waals surface area contributed by atoms with Crippen molar-refractivity contribution in [1.82, 2.24) is 0 Å². The number of para-hydroxylation sites is 1. The zero-order chi connectivity index (χ0) is 16.1. The minimum absolute atomic E-state index is 0.131. The van der Waals surface area contributed by atoms with Gasteiger partial charge in [-0.15, -0.1) is 0 Å². The average molecular weight is 311 g/mol. The zero-order valence-electron chi connectivity index (χ0n) is 14.4. The molecule has 0 unspecified atom stereocenters. The number of hydrogen-bond donors (Lipinski definition) is 1. The van der Waals surface area contributed by atoms with E-state index in [-0.39, 0.29) is 10.8 Å². The molecule has 2 heteroatoms. The number of fused-ring (bicyclic) bond motifs is 2. The summed E-state index contributed by atoms with van der Waals surface area (Å²) < 4.78 is 0. The number of rotatable bonds is 0. The Balaban J connectivity index is 2.21. The van der Waals surface area contributed by atoms with Crippen LogP contribution in [0.5, 0.6) is 0 Å². The molecule has 0 saturated heterocycles. The molecule has 1 heterocycles. The van der Waals surface area contributed by atoms with Gasteiger partial charge < -0.3 is 5.32 Å². The predicted molar refractivity (Wildman–Crippen MR) is 97.7 cm³/mol. The first-order valence-electron chi connectivity index (χ1n) is 7.89. The van der Waals surface area contributed by atoms with E-state index in [0.29, 0.717) is 0 Å². The highest BCUT2D eigenvalue weighted by Crippen LogP contribution is 2.49. The molecule has 0 aromatic heterocycles. The lowest BCUT2D eigenvalue weighted by molar-refractivity contribution is 0.560. The van der Waals surface area contributed by atoms with Gasteiger partial charge in [0.05, 0.1) is 11.4 Å². The molecule has 0 bridgehead atoms. The van der Waals surface area contributed by atoms with Crippen LogP contribution in [0, 0.1) is 0 Å². The number of nitrogens with one attached hydrogen (secondary N) is 1. The third-order valence-electron chi connectivity index (χ3n) is 4.13. The first-order chi connectivity index (χ1) is 10.2. The number of benzene rings is 2. The summed E-state index contributed by atoms with van der Waals surface area (Å²) in [7, 11) is 0. The Kier molecular flexibility index (Phi) is 3.56. The maximum absolute atomic E-state index is 3.64. The average Bonchev–Trinajstić information content (AvgIpc) is 2.41. The topological polar surface area (TPSA) is 12.0 Å². The van der Waals surface area contributed by atoms with E-state index in [1.54, 1.807) is 0 Å². The predicted octanol–water partition coefficient (Wildman–Crippen LogP) is 6.49. The lowest BCUT2D eigenvalue weighted by Crippen LogP contribution is -2.19. The van der Waals surface area contributed by atoms with Gasteiger partial charge in [-0.25, -0.2) is 0 Å². The molecular formula is C20H25NS. The van der Waals surface area contributed by atoms with Gasteiger partial charge in [-0.05, 0) is 40.2 Å². The molecule has 2 aromatic carbocycles. The molecule has 0 spiro atoms. The van der Waals surface area contributed by atoms with E-state index < -0.39 is 0 Å². The summed E-state index contributed by atoms with van der Waals surface area (Å²) in [6.45, 7) is 13.8. The summed E-state index contributed by atoms with van der Waals surface area (Å²) in [5.41, 5.74) is 5.57. The van der Waals surface area contributed by atoms with Gasteiger partial charge in [-0.1, -0.05) is 71.5 Å². The summed E-state index contributed by atoms with van der Waals surface area (Å²) in [5.74, 6) is 0. The lowest BCUT2D eigenvalue weighted by Gasteiger charge is -2.32. The summed E-state index contributed by atoms with van der Waals surface area (Å²) in [5, 5.41) is 3.64. The Bertz CT molecular complexity index is 717. The van der Waals surface area contributed by atoms with Gasteiger partial charge in [0.15, 0.2) is 0 Å². The lowest BCUT2D eigenvalue weighted by atomic mass is 9.80. The quantitative estimate of drug-likeness (QED) is 0.509. The van der Waals surface area contributed by atoms with Crippen molar-refractivity contribution in [1.29, 1.82) is 0 Å². The van der Waals surface area contributed by atoms with Crippen LogP contribution < -0.4 is 5.32 Å². The van der Waals surface area contributed by atoms with Crippen LogP contribution in [0.25, 0.3) is 0 Å². The summed E-state index contributed by atoms with van der Waals surface area (Å²) in [6, 6.07) is 13.3. The summed E-state index contributed by atoms with van der Waals surface area (Å²) in [4.78, 5) is 2.68. The molecule has 3 rings (SSSR count). The van der Waals surface area contributed by atoms with Crippen LogP contribution >= 0.6 is 11.8 Å². The Morgan fingerprint density at radius 3 is 2.14 bits per heavy atom. The van der Waals surface area contributed by atoms with Crippen LogP contribution in [0.3, 0.4) is 0 Å². The minimum atomic E-state index is 0.131. The molecule has 22 heavy (non-hydrogen) atoms. The normalized spacial score (nSPS) is 14.1. The van der Waals surface area contributed by atoms with Crippen LogP contribution in [-0.2, 0) is 10.8 Å². The van der Waals surface area contributed by atoms with E-state index in [9.17, 15) is 0 Å². The Hall–Kier alpha value is -1.41. The van der Waals surface area contributed by atoms with Crippen molar-refractivity contribution in [3.8, 4) is 0 Å². The second-order valence-corrected chi connectivity index (χ2v) is 9.18. The fourth-order valence-electron chi connectivity index (χ4n) is 2.74. The second kappa shape index (κ2) is 5.06. The van der Waals surface area contributed by atoms with Gasteiger partial charge in [-0.3, -0.25) is 0 Å². The van der Waals surface area contributed by atoms with Gasteiger partial charge in [-0.2, -0.15) is 0 Å². The standard InChI is InChI=1S/C20H25NS/c1-19(2,3)13-11-14(20(4,5)6)18-16(12-13)21-15-9-7-8-10-17(15)22-18/h7-12,21H,1-6H3. The van der Waals surface area contributed by atoms with Crippen LogP contribution in [-0.4, -0.2) is 0 Å². The third kappa shape index (κ3) is 2.77. The van der Waals surface area contributed by atoms with Gasteiger partial charge in [0, 0.05) is 9.79 Å². The highest BCUT2D eigenvalue weighted by Gasteiger charge is 2.28. The number of anilines is 2. The van der Waals surface area contributed by atoms with Crippen molar-refractivity contribution >= 4 is 23.1 Å². The largest absolute Gasteiger partial charge is 0.354 e. The van der Waals surface area contributed by atoms with Gasteiger partial charge in [0.1, 0.15) is 0 Å². The van der Waals surface area contributed by atoms with Crippen molar-refractivity contribution in [3.05, 3.63) is 47.5 Å². The number of hydrogen-bond acceptors (Lipinski definition) is 2. The molecule has 2 aromatic rings. The summed E-state index contributed by atoms with van der Waals surface area (Å²) >= 11 is 1.89. The van der Waals surface area contributed by atoms with Crippen molar-refractivity contribution in [3.63, 3.8) is 0 Å². The van der Waals surface area contributed by atoms with Crippen molar-refractivity contribution in [2.45, 2.75) is 62.2 Å². The van der Waals surface area contributed by atoms with Crippen LogP contribution in [0.15, 0.2) is 46.2 Å².